The summed E-state index contributed by atoms with van der Waals surface area (Å²) in [7, 11) is 0. The molecule has 21 heavy (non-hydrogen) atoms. The van der Waals surface area contributed by atoms with Crippen LogP contribution in [0.5, 0.6) is 0 Å². The Hall–Kier alpha value is -2.08. The third-order valence-corrected chi connectivity index (χ3v) is 3.92. The van der Waals surface area contributed by atoms with Crippen LogP contribution in [-0.4, -0.2) is 11.9 Å². The van der Waals surface area contributed by atoms with Gasteiger partial charge in [-0.2, -0.15) is 5.26 Å². The van der Waals surface area contributed by atoms with Gasteiger partial charge < -0.3 is 5.32 Å². The van der Waals surface area contributed by atoms with Crippen molar-refractivity contribution in [1.82, 2.24) is 5.32 Å². The quantitative estimate of drug-likeness (QED) is 0.857. The Morgan fingerprint density at radius 3 is 2.33 bits per heavy atom. The number of nitrogens with zero attached hydrogens (tertiary/aromatic N) is 1. The van der Waals surface area contributed by atoms with E-state index in [1.54, 1.807) is 24.3 Å². The fourth-order valence-electron chi connectivity index (χ4n) is 2.69. The number of hydrogen-bond donors (Lipinski definition) is 1. The highest BCUT2D eigenvalue weighted by atomic mass is 16.1. The lowest BCUT2D eigenvalue weighted by Crippen LogP contribution is -2.34. The molecule has 0 spiro atoms. The Balaban J connectivity index is 1.84. The van der Waals surface area contributed by atoms with Crippen molar-refractivity contribution in [3.05, 3.63) is 41.5 Å². The second-order valence-corrected chi connectivity index (χ2v) is 5.62. The van der Waals surface area contributed by atoms with Crippen molar-refractivity contribution >= 4 is 12.0 Å². The lowest BCUT2D eigenvalue weighted by molar-refractivity contribution is -0.117. The molecule has 1 aromatic rings. The number of carbonyl (C=O) groups is 1. The van der Waals surface area contributed by atoms with Crippen molar-refractivity contribution in [1.29, 1.82) is 5.26 Å². The molecule has 0 aromatic heterocycles. The number of rotatable bonds is 3. The smallest absolute Gasteiger partial charge is 0.244 e. The minimum atomic E-state index is -0.0232. The van der Waals surface area contributed by atoms with Gasteiger partial charge in [-0.15, -0.1) is 0 Å². The Morgan fingerprint density at radius 1 is 1.10 bits per heavy atom. The van der Waals surface area contributed by atoms with Crippen molar-refractivity contribution in [3.8, 4) is 6.07 Å². The second-order valence-electron chi connectivity index (χ2n) is 5.62. The number of hydrogen-bond acceptors (Lipinski definition) is 2. The predicted octanol–water partition coefficient (Wildman–Crippen LogP) is 3.80. The molecule has 1 aliphatic rings. The molecule has 1 amide bonds. The van der Waals surface area contributed by atoms with E-state index in [4.69, 9.17) is 5.26 Å². The molecule has 0 atom stereocenters. The van der Waals surface area contributed by atoms with Crippen LogP contribution in [0.15, 0.2) is 30.3 Å². The molecule has 1 aliphatic carbocycles. The first-order valence-corrected chi connectivity index (χ1v) is 7.76. The SMILES string of the molecule is N#Cc1ccc(/C=C/C(=O)NC2CCCCCCC2)cc1. The van der Waals surface area contributed by atoms with Crippen molar-refractivity contribution in [2.24, 2.45) is 0 Å². The summed E-state index contributed by atoms with van der Waals surface area (Å²) in [5, 5.41) is 11.8. The first kappa shape index (κ1) is 15.3. The summed E-state index contributed by atoms with van der Waals surface area (Å²) in [6, 6.07) is 9.61. The topological polar surface area (TPSA) is 52.9 Å². The normalized spacial score (nSPS) is 16.9. The van der Waals surface area contributed by atoms with Gasteiger partial charge in [-0.1, -0.05) is 44.2 Å². The maximum atomic E-state index is 12.0. The lowest BCUT2D eigenvalue weighted by atomic mass is 9.97. The van der Waals surface area contributed by atoms with Crippen LogP contribution in [0.4, 0.5) is 0 Å². The fourth-order valence-corrected chi connectivity index (χ4v) is 2.69. The van der Waals surface area contributed by atoms with E-state index in [0.717, 1.165) is 18.4 Å². The van der Waals surface area contributed by atoms with Gasteiger partial charge in [-0.3, -0.25) is 4.79 Å². The number of benzene rings is 1. The number of nitrogens with one attached hydrogen (secondary N) is 1. The molecule has 1 saturated carbocycles. The average Bonchev–Trinajstić information content (AvgIpc) is 2.48. The van der Waals surface area contributed by atoms with Gasteiger partial charge in [0.25, 0.3) is 0 Å². The van der Waals surface area contributed by atoms with Crippen molar-refractivity contribution in [2.75, 3.05) is 0 Å². The van der Waals surface area contributed by atoms with Crippen molar-refractivity contribution in [3.63, 3.8) is 0 Å². The van der Waals surface area contributed by atoms with E-state index in [0.29, 0.717) is 11.6 Å². The van der Waals surface area contributed by atoms with Crippen molar-refractivity contribution in [2.45, 2.75) is 51.0 Å². The summed E-state index contributed by atoms with van der Waals surface area (Å²) in [6.07, 6.45) is 11.9. The molecule has 2 rings (SSSR count). The minimum absolute atomic E-state index is 0.0232. The van der Waals surface area contributed by atoms with Crippen LogP contribution in [0.2, 0.25) is 0 Å². The minimum Gasteiger partial charge on any atom is -0.350 e. The maximum Gasteiger partial charge on any atom is 0.244 e. The van der Waals surface area contributed by atoms with Gasteiger partial charge in [0.1, 0.15) is 0 Å². The molecule has 0 radical (unpaired) electrons. The van der Waals surface area contributed by atoms with Gasteiger partial charge in [0.2, 0.25) is 5.91 Å². The van der Waals surface area contributed by atoms with Gasteiger partial charge in [0.15, 0.2) is 0 Å². The Bertz CT molecular complexity index is 517. The summed E-state index contributed by atoms with van der Waals surface area (Å²) in [5.41, 5.74) is 1.56. The predicted molar refractivity (Wildman–Crippen MR) is 84.4 cm³/mol. The van der Waals surface area contributed by atoms with Gasteiger partial charge in [0.05, 0.1) is 11.6 Å². The van der Waals surface area contributed by atoms with E-state index in [1.165, 1.54) is 32.1 Å². The second kappa shape index (κ2) is 8.26. The standard InChI is InChI=1S/C18H22N2O/c19-14-16-10-8-15(9-11-16)12-13-18(21)20-17-6-4-2-1-3-5-7-17/h8-13,17H,1-7H2,(H,20,21)/b13-12+. The van der Waals surface area contributed by atoms with E-state index in [-0.39, 0.29) is 5.91 Å². The van der Waals surface area contributed by atoms with E-state index < -0.39 is 0 Å². The molecule has 3 heteroatoms. The lowest BCUT2D eigenvalue weighted by Gasteiger charge is -2.20. The van der Waals surface area contributed by atoms with Crippen LogP contribution in [0.25, 0.3) is 6.08 Å². The molecule has 0 bridgehead atoms. The zero-order valence-corrected chi connectivity index (χ0v) is 12.3. The molecule has 1 N–H and O–H groups in total. The molecule has 0 heterocycles. The van der Waals surface area contributed by atoms with E-state index >= 15 is 0 Å². The van der Waals surface area contributed by atoms with Crippen LogP contribution in [0.1, 0.15) is 56.1 Å². The summed E-state index contributed by atoms with van der Waals surface area (Å²) < 4.78 is 0. The summed E-state index contributed by atoms with van der Waals surface area (Å²) >= 11 is 0. The Morgan fingerprint density at radius 2 is 1.71 bits per heavy atom. The average molecular weight is 282 g/mol. The van der Waals surface area contributed by atoms with Gasteiger partial charge >= 0.3 is 0 Å². The van der Waals surface area contributed by atoms with Crippen LogP contribution in [0, 0.1) is 11.3 Å². The molecule has 1 aromatic carbocycles. The third-order valence-electron chi connectivity index (χ3n) is 3.92. The molecule has 0 unspecified atom stereocenters. The molecule has 110 valence electrons. The van der Waals surface area contributed by atoms with Crippen LogP contribution < -0.4 is 5.32 Å². The third kappa shape index (κ3) is 5.43. The van der Waals surface area contributed by atoms with E-state index in [1.807, 2.05) is 12.1 Å². The highest BCUT2D eigenvalue weighted by Gasteiger charge is 2.12. The van der Waals surface area contributed by atoms with E-state index in [2.05, 4.69) is 11.4 Å². The maximum absolute atomic E-state index is 12.0. The van der Waals surface area contributed by atoms with Crippen LogP contribution >= 0.6 is 0 Å². The first-order chi connectivity index (χ1) is 10.3. The summed E-state index contributed by atoms with van der Waals surface area (Å²) in [5.74, 6) is -0.0232. The largest absolute Gasteiger partial charge is 0.350 e. The van der Waals surface area contributed by atoms with Crippen molar-refractivity contribution < 1.29 is 4.79 Å². The van der Waals surface area contributed by atoms with E-state index in [9.17, 15) is 4.79 Å². The van der Waals surface area contributed by atoms with Gasteiger partial charge in [-0.05, 0) is 36.6 Å². The number of carbonyl (C=O) groups excluding carboxylic acids is 1. The highest BCUT2D eigenvalue weighted by Crippen LogP contribution is 2.17. The summed E-state index contributed by atoms with van der Waals surface area (Å²) in [6.45, 7) is 0. The zero-order chi connectivity index (χ0) is 14.9. The molecule has 0 saturated heterocycles. The summed E-state index contributed by atoms with van der Waals surface area (Å²) in [4.78, 5) is 12.0. The number of amides is 1. The molecular formula is C18H22N2O. The van der Waals surface area contributed by atoms with Crippen LogP contribution in [-0.2, 0) is 4.79 Å². The zero-order valence-electron chi connectivity index (χ0n) is 12.3. The van der Waals surface area contributed by atoms with Gasteiger partial charge in [-0.25, -0.2) is 0 Å². The monoisotopic (exact) mass is 282 g/mol. The molecule has 1 fully saturated rings. The van der Waals surface area contributed by atoms with Gasteiger partial charge in [0, 0.05) is 12.1 Å². The Labute approximate surface area is 126 Å². The molecule has 3 nitrogen and oxygen atoms in total. The first-order valence-electron chi connectivity index (χ1n) is 7.76. The Kier molecular flexibility index (Phi) is 6.02. The van der Waals surface area contributed by atoms with Crippen LogP contribution in [0.3, 0.4) is 0 Å². The fraction of sp³-hybridized carbons (Fsp3) is 0.444. The number of nitriles is 1. The molecule has 0 aliphatic heterocycles. The highest BCUT2D eigenvalue weighted by molar-refractivity contribution is 5.91. The molecular weight excluding hydrogens is 260 g/mol.